The zero-order chi connectivity index (χ0) is 20.6. The van der Waals surface area contributed by atoms with Crippen molar-refractivity contribution in [3.63, 3.8) is 0 Å². The van der Waals surface area contributed by atoms with Crippen LogP contribution in [-0.4, -0.2) is 42.5 Å². The highest BCUT2D eigenvalue weighted by atomic mass is 32.2. The van der Waals surface area contributed by atoms with Crippen molar-refractivity contribution in [2.75, 3.05) is 19.4 Å². The zero-order valence-electron chi connectivity index (χ0n) is 16.6. The van der Waals surface area contributed by atoms with Gasteiger partial charge in [-0.2, -0.15) is 5.10 Å². The fraction of sp³-hybridized carbons (Fsp3) is 0.368. The summed E-state index contributed by atoms with van der Waals surface area (Å²) in [6.07, 6.45) is 0. The van der Waals surface area contributed by atoms with Crippen LogP contribution in [0.25, 0.3) is 10.2 Å². The van der Waals surface area contributed by atoms with Gasteiger partial charge in [-0.05, 0) is 37.1 Å². The van der Waals surface area contributed by atoms with Crippen LogP contribution in [0.1, 0.15) is 29.2 Å². The number of hydrogen-bond donors (Lipinski definition) is 1. The summed E-state index contributed by atoms with van der Waals surface area (Å²) >= 11 is 1.39. The average Bonchev–Trinajstić information content (AvgIpc) is 3.16. The SMILES string of the molecule is Cc1nn(CC(C)C)c2sc(C(=O)Nc3cccc(S(=O)(=O)N(C)C)c3)cc12. The van der Waals surface area contributed by atoms with E-state index >= 15 is 0 Å². The molecule has 0 saturated heterocycles. The van der Waals surface area contributed by atoms with E-state index in [1.807, 2.05) is 17.7 Å². The first-order valence-corrected chi connectivity index (χ1v) is 11.2. The number of carbonyl (C=O) groups excluding carboxylic acids is 1. The summed E-state index contributed by atoms with van der Waals surface area (Å²) in [5, 5.41) is 8.32. The fourth-order valence-electron chi connectivity index (χ4n) is 2.83. The lowest BCUT2D eigenvalue weighted by atomic mass is 10.2. The predicted octanol–water partition coefficient (Wildman–Crippen LogP) is 3.56. The molecule has 0 unspecified atom stereocenters. The number of anilines is 1. The average molecular weight is 421 g/mol. The van der Waals surface area contributed by atoms with Crippen LogP contribution < -0.4 is 5.32 Å². The van der Waals surface area contributed by atoms with Gasteiger partial charge in [-0.1, -0.05) is 19.9 Å². The Labute approximate surface area is 169 Å². The van der Waals surface area contributed by atoms with Gasteiger partial charge >= 0.3 is 0 Å². The molecule has 0 aliphatic carbocycles. The lowest BCUT2D eigenvalue weighted by Crippen LogP contribution is -2.22. The highest BCUT2D eigenvalue weighted by Crippen LogP contribution is 2.29. The summed E-state index contributed by atoms with van der Waals surface area (Å²) < 4.78 is 27.7. The van der Waals surface area contributed by atoms with Gasteiger partial charge in [0.1, 0.15) is 4.83 Å². The van der Waals surface area contributed by atoms with Crippen LogP contribution in [0, 0.1) is 12.8 Å². The summed E-state index contributed by atoms with van der Waals surface area (Å²) in [5.41, 5.74) is 1.33. The summed E-state index contributed by atoms with van der Waals surface area (Å²) in [6.45, 7) is 6.97. The number of amides is 1. The molecule has 0 spiro atoms. The molecule has 1 N–H and O–H groups in total. The van der Waals surface area contributed by atoms with Crippen molar-refractivity contribution in [3.8, 4) is 0 Å². The van der Waals surface area contributed by atoms with Crippen molar-refractivity contribution in [3.05, 3.63) is 40.9 Å². The number of fused-ring (bicyclic) bond motifs is 1. The third-order valence-electron chi connectivity index (χ3n) is 4.24. The quantitative estimate of drug-likeness (QED) is 0.661. The standard InChI is InChI=1S/C19H24N4O3S2/c1-12(2)11-23-19-16(13(3)21-23)10-17(27-19)18(24)20-14-7-6-8-15(9-14)28(25,26)22(4)5/h6-10,12H,11H2,1-5H3,(H,20,24). The summed E-state index contributed by atoms with van der Waals surface area (Å²) in [6, 6.07) is 8.10. The number of nitrogens with zero attached hydrogens (tertiary/aromatic N) is 3. The van der Waals surface area contributed by atoms with E-state index in [4.69, 9.17) is 0 Å². The number of nitrogens with one attached hydrogen (secondary N) is 1. The van der Waals surface area contributed by atoms with Crippen molar-refractivity contribution in [1.29, 1.82) is 0 Å². The number of thiophene rings is 1. The third-order valence-corrected chi connectivity index (χ3v) is 7.20. The first kappa shape index (κ1) is 20.5. The third kappa shape index (κ3) is 3.96. The van der Waals surface area contributed by atoms with Gasteiger partial charge in [-0.3, -0.25) is 9.48 Å². The van der Waals surface area contributed by atoms with E-state index in [1.165, 1.54) is 37.6 Å². The Morgan fingerprint density at radius 3 is 2.64 bits per heavy atom. The van der Waals surface area contributed by atoms with Gasteiger partial charge in [0, 0.05) is 31.7 Å². The van der Waals surface area contributed by atoms with E-state index in [0.717, 1.165) is 26.8 Å². The summed E-state index contributed by atoms with van der Waals surface area (Å²) in [5.74, 6) is 0.180. The number of hydrogen-bond acceptors (Lipinski definition) is 5. The minimum Gasteiger partial charge on any atom is -0.321 e. The van der Waals surface area contributed by atoms with Crippen molar-refractivity contribution in [2.45, 2.75) is 32.2 Å². The normalized spacial score (nSPS) is 12.2. The molecule has 0 radical (unpaired) electrons. The molecule has 0 bridgehead atoms. The van der Waals surface area contributed by atoms with E-state index in [0.29, 0.717) is 16.5 Å². The zero-order valence-corrected chi connectivity index (χ0v) is 18.2. The molecular weight excluding hydrogens is 396 g/mol. The van der Waals surface area contributed by atoms with E-state index in [-0.39, 0.29) is 10.8 Å². The number of benzene rings is 1. The van der Waals surface area contributed by atoms with E-state index in [2.05, 4.69) is 24.3 Å². The molecule has 0 atom stereocenters. The van der Waals surface area contributed by atoms with Gasteiger partial charge in [0.25, 0.3) is 5.91 Å². The van der Waals surface area contributed by atoms with E-state index in [9.17, 15) is 13.2 Å². The molecule has 7 nitrogen and oxygen atoms in total. The van der Waals surface area contributed by atoms with Crippen LogP contribution in [0.15, 0.2) is 35.2 Å². The first-order chi connectivity index (χ1) is 13.1. The minimum atomic E-state index is -3.56. The Balaban J connectivity index is 1.88. The van der Waals surface area contributed by atoms with Crippen LogP contribution in [0.3, 0.4) is 0 Å². The molecule has 1 amide bonds. The smallest absolute Gasteiger partial charge is 0.265 e. The minimum absolute atomic E-state index is 0.134. The van der Waals surface area contributed by atoms with Crippen LogP contribution in [0.2, 0.25) is 0 Å². The molecule has 0 aliphatic heterocycles. The molecule has 0 aliphatic rings. The maximum atomic E-state index is 12.7. The van der Waals surface area contributed by atoms with Gasteiger partial charge in [0.15, 0.2) is 0 Å². The van der Waals surface area contributed by atoms with Crippen molar-refractivity contribution < 1.29 is 13.2 Å². The van der Waals surface area contributed by atoms with Crippen LogP contribution >= 0.6 is 11.3 Å². The Bertz CT molecular complexity index is 1130. The Morgan fingerprint density at radius 1 is 1.29 bits per heavy atom. The molecule has 1 aromatic carbocycles. The molecule has 0 saturated carbocycles. The number of rotatable bonds is 6. The second-order valence-corrected chi connectivity index (χ2v) is 10.4. The number of sulfonamides is 1. The summed E-state index contributed by atoms with van der Waals surface area (Å²) in [4.78, 5) is 14.4. The van der Waals surface area contributed by atoms with Gasteiger partial charge in [0.2, 0.25) is 10.0 Å². The molecule has 0 fully saturated rings. The molecule has 2 heterocycles. The van der Waals surface area contributed by atoms with Crippen LogP contribution in [0.5, 0.6) is 0 Å². The fourth-order valence-corrected chi connectivity index (χ4v) is 4.85. The molecule has 28 heavy (non-hydrogen) atoms. The second-order valence-electron chi connectivity index (χ2n) is 7.26. The number of aromatic nitrogens is 2. The number of carbonyl (C=O) groups is 1. The van der Waals surface area contributed by atoms with Gasteiger partial charge in [-0.15, -0.1) is 11.3 Å². The first-order valence-electron chi connectivity index (χ1n) is 8.90. The molecule has 2 aromatic heterocycles. The Hall–Kier alpha value is -2.23. The lowest BCUT2D eigenvalue weighted by molar-refractivity contribution is 0.103. The molecule has 9 heteroatoms. The van der Waals surface area contributed by atoms with Crippen molar-refractivity contribution >= 4 is 43.2 Å². The largest absolute Gasteiger partial charge is 0.321 e. The van der Waals surface area contributed by atoms with E-state index < -0.39 is 10.0 Å². The van der Waals surface area contributed by atoms with Crippen LogP contribution in [-0.2, 0) is 16.6 Å². The lowest BCUT2D eigenvalue weighted by Gasteiger charge is -2.12. The molecule has 3 aromatic rings. The van der Waals surface area contributed by atoms with Crippen LogP contribution in [0.4, 0.5) is 5.69 Å². The maximum Gasteiger partial charge on any atom is 0.265 e. The van der Waals surface area contributed by atoms with Crippen molar-refractivity contribution in [2.24, 2.45) is 5.92 Å². The topological polar surface area (TPSA) is 84.3 Å². The highest BCUT2D eigenvalue weighted by molar-refractivity contribution is 7.89. The van der Waals surface area contributed by atoms with Gasteiger partial charge < -0.3 is 5.32 Å². The van der Waals surface area contributed by atoms with E-state index in [1.54, 1.807) is 12.1 Å². The summed E-state index contributed by atoms with van der Waals surface area (Å²) in [7, 11) is -0.616. The van der Waals surface area contributed by atoms with Gasteiger partial charge in [0.05, 0.1) is 15.5 Å². The molecule has 150 valence electrons. The van der Waals surface area contributed by atoms with Gasteiger partial charge in [-0.25, -0.2) is 12.7 Å². The maximum absolute atomic E-state index is 12.7. The monoisotopic (exact) mass is 420 g/mol. The Morgan fingerprint density at radius 2 is 2.00 bits per heavy atom. The molecular formula is C19H24N4O3S2. The number of aryl methyl sites for hydroxylation is 1. The Kier molecular flexibility index (Phi) is 5.60. The van der Waals surface area contributed by atoms with Crippen molar-refractivity contribution in [1.82, 2.24) is 14.1 Å². The molecule has 3 rings (SSSR count). The predicted molar refractivity (Wildman–Crippen MR) is 112 cm³/mol. The highest BCUT2D eigenvalue weighted by Gasteiger charge is 2.19. The second kappa shape index (κ2) is 7.65.